The number of amides is 1. The van der Waals surface area contributed by atoms with Crippen LogP contribution in [0, 0.1) is 0 Å². The number of hydrazine groups is 1. The summed E-state index contributed by atoms with van der Waals surface area (Å²) in [6.45, 7) is 3.66. The van der Waals surface area contributed by atoms with Crippen molar-refractivity contribution in [1.82, 2.24) is 15.2 Å². The van der Waals surface area contributed by atoms with Crippen LogP contribution in [0.25, 0.3) is 0 Å². The average molecular weight is 268 g/mol. The standard InChI is InChI=1S/C14H28N4O/c1-17-12-6-7-13(17)11-18(10-8-12)9-4-2-3-5-14(19)16-15/h12-13H,2-11,15H2,1H3,(H,16,19). The first kappa shape index (κ1) is 14.8. The first-order valence-corrected chi connectivity index (χ1v) is 7.64. The molecule has 2 unspecified atom stereocenters. The molecule has 110 valence electrons. The third kappa shape index (κ3) is 4.16. The maximum Gasteiger partial charge on any atom is 0.233 e. The molecule has 2 atom stereocenters. The van der Waals surface area contributed by atoms with Gasteiger partial charge in [-0.1, -0.05) is 6.42 Å². The quantitative estimate of drug-likeness (QED) is 0.322. The highest BCUT2D eigenvalue weighted by Gasteiger charge is 2.34. The van der Waals surface area contributed by atoms with Crippen LogP contribution in [-0.4, -0.2) is 54.5 Å². The minimum atomic E-state index is -0.0475. The van der Waals surface area contributed by atoms with E-state index in [0.29, 0.717) is 6.42 Å². The van der Waals surface area contributed by atoms with Gasteiger partial charge in [-0.3, -0.25) is 15.1 Å². The van der Waals surface area contributed by atoms with E-state index in [1.807, 2.05) is 0 Å². The fraction of sp³-hybridized carbons (Fsp3) is 0.929. The maximum absolute atomic E-state index is 11.0. The predicted octanol–water partition coefficient (Wildman–Crippen LogP) is 0.705. The topological polar surface area (TPSA) is 61.6 Å². The van der Waals surface area contributed by atoms with Crippen molar-refractivity contribution in [1.29, 1.82) is 0 Å². The highest BCUT2D eigenvalue weighted by molar-refractivity contribution is 5.74. The highest BCUT2D eigenvalue weighted by Crippen LogP contribution is 2.28. The molecule has 2 aliphatic heterocycles. The van der Waals surface area contributed by atoms with Crippen LogP contribution in [0.2, 0.25) is 0 Å². The monoisotopic (exact) mass is 268 g/mol. The van der Waals surface area contributed by atoms with Gasteiger partial charge in [-0.25, -0.2) is 5.84 Å². The molecular formula is C14H28N4O. The molecule has 1 amide bonds. The summed E-state index contributed by atoms with van der Waals surface area (Å²) in [6.07, 6.45) is 7.90. The summed E-state index contributed by atoms with van der Waals surface area (Å²) >= 11 is 0. The number of hydrogen-bond donors (Lipinski definition) is 2. The molecule has 5 nitrogen and oxygen atoms in total. The molecule has 19 heavy (non-hydrogen) atoms. The third-order valence-corrected chi connectivity index (χ3v) is 4.77. The Morgan fingerprint density at radius 1 is 1.21 bits per heavy atom. The molecule has 2 saturated heterocycles. The number of nitrogens with one attached hydrogen (secondary N) is 1. The molecule has 0 aromatic carbocycles. The molecule has 0 radical (unpaired) electrons. The Morgan fingerprint density at radius 2 is 2.00 bits per heavy atom. The number of nitrogens with two attached hydrogens (primary N) is 1. The number of likely N-dealkylation sites (N-methyl/N-ethyl adjacent to an activating group) is 1. The maximum atomic E-state index is 11.0. The minimum absolute atomic E-state index is 0.0475. The van der Waals surface area contributed by atoms with E-state index in [1.165, 1.54) is 45.3 Å². The average Bonchev–Trinajstić information content (AvgIpc) is 2.65. The van der Waals surface area contributed by atoms with E-state index in [0.717, 1.165) is 24.9 Å². The van der Waals surface area contributed by atoms with E-state index in [9.17, 15) is 4.79 Å². The van der Waals surface area contributed by atoms with Crippen LogP contribution in [0.15, 0.2) is 0 Å². The van der Waals surface area contributed by atoms with E-state index in [2.05, 4.69) is 22.3 Å². The summed E-state index contributed by atoms with van der Waals surface area (Å²) in [4.78, 5) is 16.2. The molecule has 2 aliphatic rings. The number of carbonyl (C=O) groups excluding carboxylic acids is 1. The molecule has 2 fully saturated rings. The van der Waals surface area contributed by atoms with Crippen LogP contribution in [0.3, 0.4) is 0 Å². The van der Waals surface area contributed by atoms with Gasteiger partial charge in [-0.15, -0.1) is 0 Å². The van der Waals surface area contributed by atoms with Crippen LogP contribution in [0.4, 0.5) is 0 Å². The second-order valence-corrected chi connectivity index (χ2v) is 6.02. The molecule has 0 aliphatic carbocycles. The number of carbonyl (C=O) groups is 1. The zero-order valence-electron chi connectivity index (χ0n) is 12.1. The summed E-state index contributed by atoms with van der Waals surface area (Å²) < 4.78 is 0. The second kappa shape index (κ2) is 7.22. The third-order valence-electron chi connectivity index (χ3n) is 4.77. The summed E-state index contributed by atoms with van der Waals surface area (Å²) in [5.74, 6) is 5.01. The minimum Gasteiger partial charge on any atom is -0.302 e. The Bertz CT molecular complexity index is 297. The van der Waals surface area contributed by atoms with Crippen molar-refractivity contribution in [3.63, 3.8) is 0 Å². The fourth-order valence-corrected chi connectivity index (χ4v) is 3.45. The van der Waals surface area contributed by atoms with Crippen molar-refractivity contribution < 1.29 is 4.79 Å². The van der Waals surface area contributed by atoms with Crippen molar-refractivity contribution in [2.75, 3.05) is 26.7 Å². The van der Waals surface area contributed by atoms with Crippen molar-refractivity contribution >= 4 is 5.91 Å². The smallest absolute Gasteiger partial charge is 0.233 e. The van der Waals surface area contributed by atoms with Gasteiger partial charge >= 0.3 is 0 Å². The van der Waals surface area contributed by atoms with E-state index in [1.54, 1.807) is 0 Å². The van der Waals surface area contributed by atoms with Crippen LogP contribution in [0.5, 0.6) is 0 Å². The van der Waals surface area contributed by atoms with E-state index in [-0.39, 0.29) is 5.91 Å². The molecule has 0 aromatic rings. The second-order valence-electron chi connectivity index (χ2n) is 6.02. The molecule has 0 saturated carbocycles. The molecule has 2 rings (SSSR count). The lowest BCUT2D eigenvalue weighted by molar-refractivity contribution is -0.121. The van der Waals surface area contributed by atoms with E-state index in [4.69, 9.17) is 5.84 Å². The normalized spacial score (nSPS) is 28.3. The highest BCUT2D eigenvalue weighted by atomic mass is 16.2. The molecule has 0 aromatic heterocycles. The van der Waals surface area contributed by atoms with Gasteiger partial charge in [0.05, 0.1) is 0 Å². The molecule has 3 N–H and O–H groups in total. The van der Waals surface area contributed by atoms with Gasteiger partial charge in [0.2, 0.25) is 5.91 Å². The molecular weight excluding hydrogens is 240 g/mol. The lowest BCUT2D eigenvalue weighted by Gasteiger charge is -2.25. The Morgan fingerprint density at radius 3 is 2.79 bits per heavy atom. The Labute approximate surface area is 116 Å². The number of likely N-dealkylation sites (tertiary alicyclic amines) is 1. The first-order chi connectivity index (χ1) is 9.20. The van der Waals surface area contributed by atoms with Crippen LogP contribution < -0.4 is 11.3 Å². The summed E-state index contributed by atoms with van der Waals surface area (Å²) in [5.41, 5.74) is 2.18. The number of fused-ring (bicyclic) bond motifs is 2. The van der Waals surface area contributed by atoms with Gasteiger partial charge in [0, 0.05) is 25.0 Å². The lowest BCUT2D eigenvalue weighted by Crippen LogP contribution is -2.37. The summed E-state index contributed by atoms with van der Waals surface area (Å²) in [7, 11) is 2.29. The van der Waals surface area contributed by atoms with Gasteiger partial charge < -0.3 is 4.90 Å². The van der Waals surface area contributed by atoms with Crippen molar-refractivity contribution in [2.24, 2.45) is 5.84 Å². The van der Waals surface area contributed by atoms with Gasteiger partial charge in [-0.2, -0.15) is 0 Å². The zero-order valence-corrected chi connectivity index (χ0v) is 12.1. The van der Waals surface area contributed by atoms with Crippen LogP contribution in [-0.2, 0) is 4.79 Å². The Balaban J connectivity index is 1.60. The first-order valence-electron chi connectivity index (χ1n) is 7.64. The van der Waals surface area contributed by atoms with Crippen molar-refractivity contribution in [3.8, 4) is 0 Å². The Kier molecular flexibility index (Phi) is 5.60. The van der Waals surface area contributed by atoms with Crippen LogP contribution >= 0.6 is 0 Å². The molecule has 0 spiro atoms. The number of hydrogen-bond acceptors (Lipinski definition) is 4. The van der Waals surface area contributed by atoms with Crippen molar-refractivity contribution in [3.05, 3.63) is 0 Å². The molecule has 2 heterocycles. The molecule has 2 bridgehead atoms. The zero-order chi connectivity index (χ0) is 13.7. The van der Waals surface area contributed by atoms with Gasteiger partial charge in [0.15, 0.2) is 0 Å². The predicted molar refractivity (Wildman–Crippen MR) is 76.4 cm³/mol. The van der Waals surface area contributed by atoms with Crippen LogP contribution in [0.1, 0.15) is 44.9 Å². The number of nitrogens with zero attached hydrogens (tertiary/aromatic N) is 2. The van der Waals surface area contributed by atoms with E-state index >= 15 is 0 Å². The summed E-state index contributed by atoms with van der Waals surface area (Å²) in [5, 5.41) is 0. The van der Waals surface area contributed by atoms with Crippen molar-refractivity contribution in [2.45, 2.75) is 57.0 Å². The lowest BCUT2D eigenvalue weighted by atomic mass is 10.1. The largest absolute Gasteiger partial charge is 0.302 e. The fourth-order valence-electron chi connectivity index (χ4n) is 3.45. The van der Waals surface area contributed by atoms with E-state index < -0.39 is 0 Å². The number of unbranched alkanes of at least 4 members (excludes halogenated alkanes) is 2. The summed E-state index contributed by atoms with van der Waals surface area (Å²) in [6, 6.07) is 1.60. The van der Waals surface area contributed by atoms with Gasteiger partial charge in [0.1, 0.15) is 0 Å². The number of rotatable bonds is 6. The Hall–Kier alpha value is -0.650. The molecule has 5 heteroatoms. The van der Waals surface area contributed by atoms with Gasteiger partial charge in [0.25, 0.3) is 0 Å². The van der Waals surface area contributed by atoms with Gasteiger partial charge in [-0.05, 0) is 52.2 Å². The SMILES string of the molecule is CN1C2CCC1CN(CCCCCC(=O)NN)CC2.